The number of carbonyl (C=O) groups excluding carboxylic acids is 2. The number of halogens is 1. The minimum Gasteiger partial charge on any atom is -0.383 e. The zero-order valence-corrected chi connectivity index (χ0v) is 13.7. The molecule has 1 aromatic rings. The quantitative estimate of drug-likeness (QED) is 0.814. The second kappa shape index (κ2) is 7.11. The molecule has 1 aromatic carbocycles. The monoisotopic (exact) mass is 324 g/mol. The van der Waals surface area contributed by atoms with Crippen molar-refractivity contribution in [3.05, 3.63) is 34.9 Å². The molecule has 5 nitrogen and oxygen atoms in total. The molecule has 1 heterocycles. The van der Waals surface area contributed by atoms with Gasteiger partial charge in [0.15, 0.2) is 0 Å². The Kier molecular flexibility index (Phi) is 5.42. The Morgan fingerprint density at radius 1 is 1.50 bits per heavy atom. The molecule has 0 bridgehead atoms. The smallest absolute Gasteiger partial charge is 0.245 e. The van der Waals surface area contributed by atoms with E-state index in [9.17, 15) is 9.59 Å². The predicted molar refractivity (Wildman–Crippen MR) is 84.5 cm³/mol. The Morgan fingerprint density at radius 3 is 2.95 bits per heavy atom. The van der Waals surface area contributed by atoms with E-state index in [0.29, 0.717) is 37.6 Å². The van der Waals surface area contributed by atoms with E-state index >= 15 is 0 Å². The van der Waals surface area contributed by atoms with Crippen LogP contribution in [-0.4, -0.2) is 42.5 Å². The summed E-state index contributed by atoms with van der Waals surface area (Å²) in [5.74, 6) is -0.151. The second-order valence-corrected chi connectivity index (χ2v) is 6.07. The molecule has 1 atom stereocenters. The molecule has 1 aliphatic heterocycles. The molecule has 0 saturated carbocycles. The van der Waals surface area contributed by atoms with E-state index in [4.69, 9.17) is 16.3 Å². The molecular formula is C16H21ClN2O3. The number of benzene rings is 1. The van der Waals surface area contributed by atoms with Crippen LogP contribution in [0.25, 0.3) is 0 Å². The van der Waals surface area contributed by atoms with Gasteiger partial charge in [-0.2, -0.15) is 0 Å². The van der Waals surface area contributed by atoms with Crippen LogP contribution in [0.15, 0.2) is 24.3 Å². The van der Waals surface area contributed by atoms with Crippen LogP contribution in [0.4, 0.5) is 0 Å². The molecule has 0 unspecified atom stereocenters. The summed E-state index contributed by atoms with van der Waals surface area (Å²) >= 11 is 5.99. The van der Waals surface area contributed by atoms with Gasteiger partial charge in [0.05, 0.1) is 6.61 Å². The summed E-state index contributed by atoms with van der Waals surface area (Å²) in [6, 6.07) is 7.35. The van der Waals surface area contributed by atoms with Crippen LogP contribution in [-0.2, 0) is 20.9 Å². The first kappa shape index (κ1) is 16.8. The Morgan fingerprint density at radius 2 is 2.27 bits per heavy atom. The number of ether oxygens (including phenoxy) is 1. The number of methoxy groups -OCH3 is 1. The Hall–Kier alpha value is -1.59. The Labute approximate surface area is 135 Å². The second-order valence-electron chi connectivity index (χ2n) is 5.63. The lowest BCUT2D eigenvalue weighted by molar-refractivity contribution is -0.141. The highest BCUT2D eigenvalue weighted by Gasteiger charge is 2.46. The summed E-state index contributed by atoms with van der Waals surface area (Å²) in [5, 5.41) is 3.45. The van der Waals surface area contributed by atoms with Crippen LogP contribution in [0.2, 0.25) is 5.02 Å². The predicted octanol–water partition coefficient (Wildman–Crippen LogP) is 1.98. The fraction of sp³-hybridized carbons (Fsp3) is 0.500. The van der Waals surface area contributed by atoms with Crippen molar-refractivity contribution >= 4 is 23.4 Å². The van der Waals surface area contributed by atoms with Crippen molar-refractivity contribution in [3.8, 4) is 0 Å². The molecule has 1 N–H and O–H groups in total. The third kappa shape index (κ3) is 3.59. The van der Waals surface area contributed by atoms with Gasteiger partial charge in [0, 0.05) is 31.6 Å². The topological polar surface area (TPSA) is 58.6 Å². The van der Waals surface area contributed by atoms with Gasteiger partial charge < -0.3 is 15.0 Å². The van der Waals surface area contributed by atoms with Crippen molar-refractivity contribution in [3.63, 3.8) is 0 Å². The summed E-state index contributed by atoms with van der Waals surface area (Å²) in [7, 11) is 1.58. The maximum absolute atomic E-state index is 12.5. The van der Waals surface area contributed by atoms with Crippen molar-refractivity contribution in [1.29, 1.82) is 0 Å². The van der Waals surface area contributed by atoms with Gasteiger partial charge in [-0.05, 0) is 31.0 Å². The van der Waals surface area contributed by atoms with Crippen molar-refractivity contribution < 1.29 is 14.3 Å². The molecule has 1 aliphatic rings. The lowest BCUT2D eigenvalue weighted by Gasteiger charge is -2.34. The van der Waals surface area contributed by atoms with Crippen molar-refractivity contribution in [1.82, 2.24) is 10.2 Å². The first-order valence-corrected chi connectivity index (χ1v) is 7.67. The lowest BCUT2D eigenvalue weighted by atomic mass is 9.97. The standard InChI is InChI=1S/C16H21ClN2O3/c1-16(15(21)18-8-9-22-2)7-6-14(20)19(16)11-12-4-3-5-13(17)10-12/h3-5,10H,6-9,11H2,1-2H3,(H,18,21)/t16-/m0/s1. The van der Waals surface area contributed by atoms with Crippen LogP contribution in [0, 0.1) is 0 Å². The molecule has 2 rings (SSSR count). The fourth-order valence-electron chi connectivity index (χ4n) is 2.67. The number of hydrogen-bond acceptors (Lipinski definition) is 3. The van der Waals surface area contributed by atoms with Gasteiger partial charge in [-0.25, -0.2) is 0 Å². The molecule has 0 aliphatic carbocycles. The van der Waals surface area contributed by atoms with Gasteiger partial charge in [0.2, 0.25) is 11.8 Å². The summed E-state index contributed by atoms with van der Waals surface area (Å²) in [6.07, 6.45) is 0.903. The van der Waals surface area contributed by atoms with Gasteiger partial charge in [-0.3, -0.25) is 9.59 Å². The molecular weight excluding hydrogens is 304 g/mol. The van der Waals surface area contributed by atoms with Gasteiger partial charge in [0.1, 0.15) is 5.54 Å². The summed E-state index contributed by atoms with van der Waals surface area (Å²) in [5.41, 5.74) is 0.0892. The van der Waals surface area contributed by atoms with Crippen molar-refractivity contribution in [2.45, 2.75) is 31.8 Å². The average Bonchev–Trinajstić information content (AvgIpc) is 2.77. The first-order valence-electron chi connectivity index (χ1n) is 7.29. The van der Waals surface area contributed by atoms with E-state index in [1.165, 1.54) is 0 Å². The fourth-order valence-corrected chi connectivity index (χ4v) is 2.88. The molecule has 120 valence electrons. The lowest BCUT2D eigenvalue weighted by Crippen LogP contribution is -2.54. The van der Waals surface area contributed by atoms with Gasteiger partial charge >= 0.3 is 0 Å². The number of amides is 2. The molecule has 2 amide bonds. The minimum atomic E-state index is -0.826. The number of nitrogens with zero attached hydrogens (tertiary/aromatic N) is 1. The van der Waals surface area contributed by atoms with E-state index in [0.717, 1.165) is 5.56 Å². The number of nitrogens with one attached hydrogen (secondary N) is 1. The Bertz CT molecular complexity index is 564. The molecule has 22 heavy (non-hydrogen) atoms. The highest BCUT2D eigenvalue weighted by atomic mass is 35.5. The number of likely N-dealkylation sites (tertiary alicyclic amines) is 1. The van der Waals surface area contributed by atoms with Crippen LogP contribution < -0.4 is 5.32 Å². The first-order chi connectivity index (χ1) is 10.5. The number of hydrogen-bond donors (Lipinski definition) is 1. The number of rotatable bonds is 6. The normalized spacial score (nSPS) is 21.2. The van der Waals surface area contributed by atoms with E-state index in [1.807, 2.05) is 25.1 Å². The molecule has 0 radical (unpaired) electrons. The third-order valence-corrected chi connectivity index (χ3v) is 4.27. The van der Waals surface area contributed by atoms with Gasteiger partial charge in [-0.1, -0.05) is 23.7 Å². The minimum absolute atomic E-state index is 0.00985. The largest absolute Gasteiger partial charge is 0.383 e. The van der Waals surface area contributed by atoms with Gasteiger partial charge in [0.25, 0.3) is 0 Å². The maximum atomic E-state index is 12.5. The van der Waals surface area contributed by atoms with Crippen LogP contribution in [0.1, 0.15) is 25.3 Å². The molecule has 0 aromatic heterocycles. The van der Waals surface area contributed by atoms with Crippen molar-refractivity contribution in [2.24, 2.45) is 0 Å². The average molecular weight is 325 g/mol. The van der Waals surface area contributed by atoms with Crippen LogP contribution in [0.3, 0.4) is 0 Å². The molecule has 6 heteroatoms. The van der Waals surface area contributed by atoms with E-state index in [-0.39, 0.29) is 11.8 Å². The molecule has 1 fully saturated rings. The third-order valence-electron chi connectivity index (χ3n) is 4.03. The van der Waals surface area contributed by atoms with E-state index in [1.54, 1.807) is 18.1 Å². The van der Waals surface area contributed by atoms with Crippen LogP contribution >= 0.6 is 11.6 Å². The highest BCUT2D eigenvalue weighted by molar-refractivity contribution is 6.30. The molecule has 1 saturated heterocycles. The van der Waals surface area contributed by atoms with Crippen LogP contribution in [0.5, 0.6) is 0 Å². The molecule has 0 spiro atoms. The summed E-state index contributed by atoms with van der Waals surface area (Å²) in [4.78, 5) is 26.3. The summed E-state index contributed by atoms with van der Waals surface area (Å²) < 4.78 is 4.93. The Balaban J connectivity index is 2.12. The number of carbonyl (C=O) groups is 2. The van der Waals surface area contributed by atoms with Crippen molar-refractivity contribution in [2.75, 3.05) is 20.3 Å². The zero-order valence-electron chi connectivity index (χ0n) is 12.9. The zero-order chi connectivity index (χ0) is 16.2. The highest BCUT2D eigenvalue weighted by Crippen LogP contribution is 2.32. The maximum Gasteiger partial charge on any atom is 0.245 e. The van der Waals surface area contributed by atoms with E-state index < -0.39 is 5.54 Å². The SMILES string of the molecule is COCCNC(=O)[C@]1(C)CCC(=O)N1Cc1cccc(Cl)c1. The van der Waals surface area contributed by atoms with Gasteiger partial charge in [-0.15, -0.1) is 0 Å². The summed E-state index contributed by atoms with van der Waals surface area (Å²) in [6.45, 7) is 3.08. The van der Waals surface area contributed by atoms with E-state index in [2.05, 4.69) is 5.32 Å².